The molecule has 0 aromatic heterocycles. The second-order valence-corrected chi connectivity index (χ2v) is 10.3. The van der Waals surface area contributed by atoms with E-state index in [9.17, 15) is 13.2 Å². The maximum atomic E-state index is 13.4. The van der Waals surface area contributed by atoms with Gasteiger partial charge in [0.05, 0.1) is 11.7 Å². The Morgan fingerprint density at radius 1 is 1.11 bits per heavy atom. The number of nitrogens with zero attached hydrogens (tertiary/aromatic N) is 2. The van der Waals surface area contributed by atoms with Crippen LogP contribution in [0, 0.1) is 5.92 Å². The van der Waals surface area contributed by atoms with E-state index < -0.39 is 10.0 Å². The summed E-state index contributed by atoms with van der Waals surface area (Å²) in [7, 11) is -3.24. The van der Waals surface area contributed by atoms with Crippen molar-refractivity contribution in [2.24, 2.45) is 5.92 Å². The maximum Gasteiger partial charge on any atom is 0.227 e. The van der Waals surface area contributed by atoms with Gasteiger partial charge in [-0.05, 0) is 44.1 Å². The van der Waals surface area contributed by atoms with Gasteiger partial charge in [-0.25, -0.2) is 12.7 Å². The number of hydrogen-bond acceptors (Lipinski definition) is 3. The molecule has 0 N–H and O–H groups in total. The lowest BCUT2D eigenvalue weighted by Crippen LogP contribution is -2.49. The van der Waals surface area contributed by atoms with E-state index in [0.29, 0.717) is 25.4 Å². The molecular formula is C22H34N2O3S. The molecule has 1 aromatic carbocycles. The molecule has 1 amide bonds. The fraction of sp³-hybridized carbons (Fsp3) is 0.682. The van der Waals surface area contributed by atoms with E-state index in [4.69, 9.17) is 0 Å². The largest absolute Gasteiger partial charge is 0.339 e. The highest BCUT2D eigenvalue weighted by Crippen LogP contribution is 2.35. The Kier molecular flexibility index (Phi) is 7.15. The molecule has 2 aliphatic heterocycles. The summed E-state index contributed by atoms with van der Waals surface area (Å²) in [6.45, 7) is 5.78. The van der Waals surface area contributed by atoms with Crippen molar-refractivity contribution in [1.82, 2.24) is 9.21 Å². The van der Waals surface area contributed by atoms with Crippen molar-refractivity contribution in [3.63, 3.8) is 0 Å². The second kappa shape index (κ2) is 9.40. The lowest BCUT2D eigenvalue weighted by molar-refractivity contribution is -0.138. The molecule has 156 valence electrons. The summed E-state index contributed by atoms with van der Waals surface area (Å²) < 4.78 is 26.5. The first kappa shape index (κ1) is 21.3. The number of hydrogen-bond donors (Lipinski definition) is 0. The molecule has 2 fully saturated rings. The quantitative estimate of drug-likeness (QED) is 0.695. The molecule has 3 rings (SSSR count). The van der Waals surface area contributed by atoms with Crippen LogP contribution in [-0.4, -0.2) is 55.0 Å². The summed E-state index contributed by atoms with van der Waals surface area (Å²) >= 11 is 0. The molecule has 0 spiro atoms. The number of piperidine rings is 1. The summed E-state index contributed by atoms with van der Waals surface area (Å²) in [5.74, 6) is 0.477. The first-order chi connectivity index (χ1) is 13.5. The van der Waals surface area contributed by atoms with Crippen molar-refractivity contribution in [1.29, 1.82) is 0 Å². The van der Waals surface area contributed by atoms with Crippen LogP contribution in [-0.2, 0) is 14.8 Å². The first-order valence-corrected chi connectivity index (χ1v) is 12.4. The van der Waals surface area contributed by atoms with Crippen LogP contribution < -0.4 is 0 Å². The van der Waals surface area contributed by atoms with Crippen molar-refractivity contribution in [3.05, 3.63) is 35.9 Å². The molecule has 6 heteroatoms. The lowest BCUT2D eigenvalue weighted by atomic mass is 9.87. The van der Waals surface area contributed by atoms with Gasteiger partial charge in [0.15, 0.2) is 0 Å². The second-order valence-electron chi connectivity index (χ2n) is 8.18. The van der Waals surface area contributed by atoms with Gasteiger partial charge >= 0.3 is 0 Å². The van der Waals surface area contributed by atoms with Gasteiger partial charge in [0.2, 0.25) is 15.9 Å². The molecule has 0 radical (unpaired) electrons. The summed E-state index contributed by atoms with van der Waals surface area (Å²) in [6, 6.07) is 10.7. The minimum atomic E-state index is -3.24. The van der Waals surface area contributed by atoms with Gasteiger partial charge in [-0.3, -0.25) is 4.79 Å². The standard InChI is InChI=1S/C22H34N2O3S/c1-3-16-28(26,27)23-14-8-12-19(17-23)22(25)24-15-9-13-21(24)20(4-2)18-10-6-5-7-11-18/h5-7,10-11,19-21H,3-4,8-9,12-17H2,1-2H3/t19-,20-,21-/m0/s1. The monoisotopic (exact) mass is 406 g/mol. The zero-order valence-electron chi connectivity index (χ0n) is 17.2. The van der Waals surface area contributed by atoms with Crippen LogP contribution in [0.3, 0.4) is 0 Å². The number of amides is 1. The lowest BCUT2D eigenvalue weighted by Gasteiger charge is -2.37. The Balaban J connectivity index is 1.73. The topological polar surface area (TPSA) is 57.7 Å². The Morgan fingerprint density at radius 3 is 2.50 bits per heavy atom. The molecule has 0 aliphatic carbocycles. The fourth-order valence-corrected chi connectivity index (χ4v) is 6.52. The zero-order valence-corrected chi connectivity index (χ0v) is 18.0. The van der Waals surface area contributed by atoms with Gasteiger partial charge in [-0.2, -0.15) is 0 Å². The Hall–Kier alpha value is -1.40. The van der Waals surface area contributed by atoms with Gasteiger partial charge in [0, 0.05) is 31.6 Å². The number of carbonyl (C=O) groups excluding carboxylic acids is 1. The SMILES string of the molecule is CCCS(=O)(=O)N1CCC[C@H](C(=O)N2CCC[C@H]2[C@@H](CC)c2ccccc2)C1. The third kappa shape index (κ3) is 4.60. The van der Waals surface area contributed by atoms with Crippen LogP contribution in [0.4, 0.5) is 0 Å². The van der Waals surface area contributed by atoms with Crippen LogP contribution in [0.5, 0.6) is 0 Å². The molecule has 0 saturated carbocycles. The minimum Gasteiger partial charge on any atom is -0.339 e. The van der Waals surface area contributed by atoms with E-state index in [1.165, 1.54) is 5.56 Å². The van der Waals surface area contributed by atoms with E-state index in [0.717, 1.165) is 38.6 Å². The van der Waals surface area contributed by atoms with Crippen LogP contribution in [0.25, 0.3) is 0 Å². The number of sulfonamides is 1. The Labute approximate surface area is 170 Å². The van der Waals surface area contributed by atoms with Crippen LogP contribution in [0.2, 0.25) is 0 Å². The molecule has 2 aliphatic rings. The third-order valence-electron chi connectivity index (χ3n) is 6.30. The van der Waals surface area contributed by atoms with E-state index in [2.05, 4.69) is 36.1 Å². The number of likely N-dealkylation sites (tertiary alicyclic amines) is 1. The molecular weight excluding hydrogens is 372 g/mol. The highest BCUT2D eigenvalue weighted by molar-refractivity contribution is 7.89. The smallest absolute Gasteiger partial charge is 0.227 e. The molecule has 0 unspecified atom stereocenters. The van der Waals surface area contributed by atoms with Gasteiger partial charge in [0.1, 0.15) is 0 Å². The highest BCUT2D eigenvalue weighted by atomic mass is 32.2. The normalized spacial score (nSPS) is 25.0. The van der Waals surface area contributed by atoms with Crippen molar-refractivity contribution >= 4 is 15.9 Å². The average molecular weight is 407 g/mol. The summed E-state index contributed by atoms with van der Waals surface area (Å²) in [5, 5.41) is 0. The molecule has 1 aromatic rings. The predicted molar refractivity (Wildman–Crippen MR) is 113 cm³/mol. The fourth-order valence-electron chi connectivity index (χ4n) is 4.93. The molecule has 3 atom stereocenters. The van der Waals surface area contributed by atoms with Gasteiger partial charge in [-0.1, -0.05) is 44.2 Å². The van der Waals surface area contributed by atoms with Gasteiger partial charge < -0.3 is 4.90 Å². The van der Waals surface area contributed by atoms with Crippen molar-refractivity contribution in [2.45, 2.75) is 64.3 Å². The Morgan fingerprint density at radius 2 is 1.82 bits per heavy atom. The summed E-state index contributed by atoms with van der Waals surface area (Å²) in [5.41, 5.74) is 1.30. The van der Waals surface area contributed by atoms with Crippen molar-refractivity contribution in [2.75, 3.05) is 25.4 Å². The number of benzene rings is 1. The molecule has 2 heterocycles. The third-order valence-corrected chi connectivity index (χ3v) is 8.35. The van der Waals surface area contributed by atoms with E-state index in [-0.39, 0.29) is 23.6 Å². The first-order valence-electron chi connectivity index (χ1n) is 10.8. The summed E-state index contributed by atoms with van der Waals surface area (Å²) in [6.07, 6.45) is 5.24. The van der Waals surface area contributed by atoms with Gasteiger partial charge in [0.25, 0.3) is 0 Å². The van der Waals surface area contributed by atoms with Crippen LogP contribution in [0.15, 0.2) is 30.3 Å². The molecule has 0 bridgehead atoms. The summed E-state index contributed by atoms with van der Waals surface area (Å²) in [4.78, 5) is 15.5. The van der Waals surface area contributed by atoms with E-state index >= 15 is 0 Å². The molecule has 28 heavy (non-hydrogen) atoms. The van der Waals surface area contributed by atoms with Crippen LogP contribution in [0.1, 0.15) is 63.9 Å². The minimum absolute atomic E-state index is 0.160. The van der Waals surface area contributed by atoms with Gasteiger partial charge in [-0.15, -0.1) is 0 Å². The van der Waals surface area contributed by atoms with E-state index in [1.54, 1.807) is 4.31 Å². The zero-order chi connectivity index (χ0) is 20.1. The van der Waals surface area contributed by atoms with Crippen molar-refractivity contribution in [3.8, 4) is 0 Å². The molecule has 2 saturated heterocycles. The molecule has 5 nitrogen and oxygen atoms in total. The average Bonchev–Trinajstić information content (AvgIpc) is 3.18. The van der Waals surface area contributed by atoms with Crippen LogP contribution >= 0.6 is 0 Å². The van der Waals surface area contributed by atoms with E-state index in [1.807, 2.05) is 13.0 Å². The predicted octanol–water partition coefficient (Wildman–Crippen LogP) is 3.62. The van der Waals surface area contributed by atoms with Crippen molar-refractivity contribution < 1.29 is 13.2 Å². The highest BCUT2D eigenvalue weighted by Gasteiger charge is 2.39. The number of rotatable bonds is 7. The number of carbonyl (C=O) groups is 1. The Bertz CT molecular complexity index is 750. The maximum absolute atomic E-state index is 13.4.